The molecule has 3 aromatic rings. The number of allylic oxidation sites excluding steroid dienone is 1. The number of nitrogens with zero attached hydrogens (tertiary/aromatic N) is 2. The van der Waals surface area contributed by atoms with Crippen LogP contribution in [0.15, 0.2) is 61.9 Å². The first-order chi connectivity index (χ1) is 17.7. The van der Waals surface area contributed by atoms with Crippen LogP contribution in [0.2, 0.25) is 0 Å². The van der Waals surface area contributed by atoms with Crippen LogP contribution in [0.25, 0.3) is 6.08 Å². The number of esters is 1. The lowest BCUT2D eigenvalue weighted by molar-refractivity contribution is -0.139. The molecule has 1 aliphatic rings. The fourth-order valence-corrected chi connectivity index (χ4v) is 7.09. The van der Waals surface area contributed by atoms with E-state index in [1.807, 2.05) is 56.3 Å². The molecule has 10 heteroatoms. The summed E-state index contributed by atoms with van der Waals surface area (Å²) in [5.74, 6) is 0.828. The van der Waals surface area contributed by atoms with Gasteiger partial charge in [0.2, 0.25) is 0 Å². The maximum Gasteiger partial charge on any atom is 0.338 e. The predicted octanol–water partition coefficient (Wildman–Crippen LogP) is 4.96. The lowest BCUT2D eigenvalue weighted by Crippen LogP contribution is -2.40. The molecule has 0 saturated carbocycles. The topological polar surface area (TPSA) is 79.1 Å². The predicted molar refractivity (Wildman–Crippen MR) is 156 cm³/mol. The highest BCUT2D eigenvalue weighted by molar-refractivity contribution is 14.1. The van der Waals surface area contributed by atoms with Crippen LogP contribution in [0, 0.1) is 3.57 Å². The van der Waals surface area contributed by atoms with Crippen LogP contribution in [0.1, 0.15) is 44.9 Å². The summed E-state index contributed by atoms with van der Waals surface area (Å²) in [6.07, 6.45) is 1.73. The maximum absolute atomic E-state index is 13.9. The third-order valence-electron chi connectivity index (χ3n) is 5.62. The second-order valence-electron chi connectivity index (χ2n) is 8.52. The number of carbonyl (C=O) groups excluding carboxylic acids is 1. The number of hydrogen-bond acceptors (Lipinski definition) is 7. The Morgan fingerprint density at radius 1 is 1.30 bits per heavy atom. The average Bonchev–Trinajstić information content (AvgIpc) is 3.12. The Balaban J connectivity index is 1.97. The number of fused-ring (bicyclic) bond motifs is 1. The molecular weight excluding hydrogens is 671 g/mol. The first-order valence-corrected chi connectivity index (χ1v) is 14.3. The summed E-state index contributed by atoms with van der Waals surface area (Å²) in [4.78, 5) is 32.2. The molecular formula is C27H26BrIN2O5S. The standard InChI is InChI=1S/C27H26BrIN2O5S/c1-6-35-26(33)22-15(4)30-27-31(23(22)17-9-7-8-10-20(17)36-14(2)3)25(32)21(37-27)13-16-11-18(28)24(34-5)19(29)12-16/h7-14,23H,6H2,1-5H3/b21-13+/t23-/m1/s1. The molecule has 0 radical (unpaired) electrons. The highest BCUT2D eigenvalue weighted by Crippen LogP contribution is 2.36. The van der Waals surface area contributed by atoms with Crippen molar-refractivity contribution in [2.75, 3.05) is 13.7 Å². The minimum absolute atomic E-state index is 0.0934. The van der Waals surface area contributed by atoms with Crippen LogP contribution in [-0.4, -0.2) is 30.4 Å². The third-order valence-corrected chi connectivity index (χ3v) is 7.99. The Hall–Kier alpha value is -2.44. The number of halogens is 2. The smallest absolute Gasteiger partial charge is 0.338 e. The zero-order chi connectivity index (χ0) is 26.9. The Morgan fingerprint density at radius 3 is 2.68 bits per heavy atom. The van der Waals surface area contributed by atoms with Gasteiger partial charge in [-0.05, 0) is 96.1 Å². The van der Waals surface area contributed by atoms with Gasteiger partial charge in [-0.2, -0.15) is 0 Å². The molecule has 37 heavy (non-hydrogen) atoms. The Morgan fingerprint density at radius 2 is 2.03 bits per heavy atom. The van der Waals surface area contributed by atoms with Crippen molar-refractivity contribution >= 4 is 61.9 Å². The van der Waals surface area contributed by atoms with Gasteiger partial charge in [0.25, 0.3) is 5.56 Å². The molecule has 0 unspecified atom stereocenters. The summed E-state index contributed by atoms with van der Waals surface area (Å²) < 4.78 is 20.7. The second kappa shape index (κ2) is 11.5. The maximum atomic E-state index is 13.9. The van der Waals surface area contributed by atoms with Crippen LogP contribution in [0.4, 0.5) is 0 Å². The van der Waals surface area contributed by atoms with Gasteiger partial charge < -0.3 is 14.2 Å². The molecule has 0 spiro atoms. The van der Waals surface area contributed by atoms with E-state index in [1.165, 1.54) is 11.3 Å². The number of carbonyl (C=O) groups is 1. The molecule has 0 saturated heterocycles. The van der Waals surface area contributed by atoms with E-state index >= 15 is 0 Å². The Bertz CT molecular complexity index is 1550. The van der Waals surface area contributed by atoms with Gasteiger partial charge >= 0.3 is 5.97 Å². The third kappa shape index (κ3) is 5.56. The van der Waals surface area contributed by atoms with E-state index in [9.17, 15) is 9.59 Å². The first-order valence-electron chi connectivity index (χ1n) is 11.6. The molecule has 1 aliphatic heterocycles. The molecule has 2 heterocycles. The number of para-hydroxylation sites is 1. The number of thiazole rings is 1. The molecule has 7 nitrogen and oxygen atoms in total. The van der Waals surface area contributed by atoms with E-state index in [-0.39, 0.29) is 18.3 Å². The van der Waals surface area contributed by atoms with Crippen molar-refractivity contribution in [1.82, 2.24) is 4.57 Å². The van der Waals surface area contributed by atoms with Gasteiger partial charge in [0.15, 0.2) is 4.80 Å². The molecule has 194 valence electrons. The highest BCUT2D eigenvalue weighted by Gasteiger charge is 2.35. The minimum atomic E-state index is -0.741. The lowest BCUT2D eigenvalue weighted by atomic mass is 9.95. The summed E-state index contributed by atoms with van der Waals surface area (Å²) in [6, 6.07) is 10.6. The summed E-state index contributed by atoms with van der Waals surface area (Å²) in [5.41, 5.74) is 2.12. The van der Waals surface area contributed by atoms with Crippen molar-refractivity contribution in [3.63, 3.8) is 0 Å². The zero-order valence-electron chi connectivity index (χ0n) is 21.0. The molecule has 0 bridgehead atoms. The van der Waals surface area contributed by atoms with Crippen LogP contribution in [-0.2, 0) is 9.53 Å². The Kier molecular flexibility index (Phi) is 8.59. The van der Waals surface area contributed by atoms with Crippen LogP contribution in [0.3, 0.4) is 0 Å². The summed E-state index contributed by atoms with van der Waals surface area (Å²) >= 11 is 7.02. The van der Waals surface area contributed by atoms with E-state index in [2.05, 4.69) is 43.5 Å². The van der Waals surface area contributed by atoms with Crippen molar-refractivity contribution in [2.45, 2.75) is 39.8 Å². The van der Waals surface area contributed by atoms with Crippen molar-refractivity contribution in [3.05, 3.63) is 86.5 Å². The van der Waals surface area contributed by atoms with Gasteiger partial charge in [0.05, 0.1) is 43.7 Å². The highest BCUT2D eigenvalue weighted by atomic mass is 127. The SMILES string of the molecule is CCOC(=O)C1=C(C)N=c2s/c(=C/c3cc(Br)c(OC)c(I)c3)c(=O)n2[C@@H]1c1ccccc1OC(C)C. The number of ether oxygens (including phenoxy) is 3. The lowest BCUT2D eigenvalue weighted by Gasteiger charge is -2.26. The summed E-state index contributed by atoms with van der Waals surface area (Å²) in [6.45, 7) is 7.60. The van der Waals surface area contributed by atoms with Crippen molar-refractivity contribution in [2.24, 2.45) is 4.99 Å². The van der Waals surface area contributed by atoms with Crippen molar-refractivity contribution in [1.29, 1.82) is 0 Å². The molecule has 0 amide bonds. The van der Waals surface area contributed by atoms with Crippen LogP contribution in [0.5, 0.6) is 11.5 Å². The molecule has 1 atom stereocenters. The number of methoxy groups -OCH3 is 1. The normalized spacial score (nSPS) is 15.5. The Labute approximate surface area is 240 Å². The van der Waals surface area contributed by atoms with Gasteiger partial charge in [-0.3, -0.25) is 9.36 Å². The minimum Gasteiger partial charge on any atom is -0.494 e. The largest absolute Gasteiger partial charge is 0.494 e. The molecule has 0 N–H and O–H groups in total. The monoisotopic (exact) mass is 696 g/mol. The van der Waals surface area contributed by atoms with E-state index in [4.69, 9.17) is 14.2 Å². The quantitative estimate of drug-likeness (QED) is 0.258. The molecule has 0 aliphatic carbocycles. The zero-order valence-corrected chi connectivity index (χ0v) is 25.6. The molecule has 1 aromatic heterocycles. The second-order valence-corrected chi connectivity index (χ2v) is 11.6. The number of benzene rings is 2. The fraction of sp³-hybridized carbons (Fsp3) is 0.296. The van der Waals surface area contributed by atoms with E-state index in [0.717, 1.165) is 19.4 Å². The van der Waals surface area contributed by atoms with Crippen molar-refractivity contribution < 1.29 is 19.0 Å². The van der Waals surface area contributed by atoms with E-state index in [0.29, 0.717) is 31.9 Å². The summed E-state index contributed by atoms with van der Waals surface area (Å²) in [5, 5.41) is 0. The summed E-state index contributed by atoms with van der Waals surface area (Å²) in [7, 11) is 1.62. The number of rotatable bonds is 7. The number of hydrogen-bond donors (Lipinski definition) is 0. The van der Waals surface area contributed by atoms with E-state index < -0.39 is 12.0 Å². The number of aromatic nitrogens is 1. The molecule has 0 fully saturated rings. The van der Waals surface area contributed by atoms with Gasteiger partial charge in [0, 0.05) is 5.56 Å². The van der Waals surface area contributed by atoms with Gasteiger partial charge in [-0.25, -0.2) is 9.79 Å². The van der Waals surface area contributed by atoms with Crippen LogP contribution < -0.4 is 24.4 Å². The van der Waals surface area contributed by atoms with Gasteiger partial charge in [-0.15, -0.1) is 0 Å². The van der Waals surface area contributed by atoms with Gasteiger partial charge in [0.1, 0.15) is 17.5 Å². The molecule has 2 aromatic carbocycles. The first kappa shape index (κ1) is 27.6. The van der Waals surface area contributed by atoms with E-state index in [1.54, 1.807) is 25.5 Å². The fourth-order valence-electron chi connectivity index (χ4n) is 4.16. The molecule has 4 rings (SSSR count). The van der Waals surface area contributed by atoms with Gasteiger partial charge in [-0.1, -0.05) is 29.5 Å². The van der Waals surface area contributed by atoms with Crippen molar-refractivity contribution in [3.8, 4) is 11.5 Å². The van der Waals surface area contributed by atoms with Crippen LogP contribution >= 0.6 is 49.9 Å². The average molecular weight is 697 g/mol.